The van der Waals surface area contributed by atoms with Crippen molar-refractivity contribution in [3.63, 3.8) is 0 Å². The van der Waals surface area contributed by atoms with Gasteiger partial charge in [0.25, 0.3) is 5.91 Å². The lowest BCUT2D eigenvalue weighted by molar-refractivity contribution is -0.113. The molecule has 162 valence electrons. The fourth-order valence-electron chi connectivity index (χ4n) is 3.70. The van der Waals surface area contributed by atoms with E-state index >= 15 is 0 Å². The zero-order valence-electron chi connectivity index (χ0n) is 17.4. The van der Waals surface area contributed by atoms with Crippen LogP contribution in [0.4, 0.5) is 10.1 Å². The Balaban J connectivity index is 1.29. The lowest BCUT2D eigenvalue weighted by atomic mass is 10.1. The van der Waals surface area contributed by atoms with Crippen LogP contribution >= 0.6 is 24.0 Å². The van der Waals surface area contributed by atoms with Crippen molar-refractivity contribution in [3.05, 3.63) is 113 Å². The highest BCUT2D eigenvalue weighted by Gasteiger charge is 2.33. The molecule has 1 heterocycles. The molecule has 0 saturated carbocycles. The second-order valence-electron chi connectivity index (χ2n) is 7.49. The van der Waals surface area contributed by atoms with Gasteiger partial charge in [0, 0.05) is 0 Å². The van der Waals surface area contributed by atoms with Crippen molar-refractivity contribution < 1.29 is 13.9 Å². The number of rotatable bonds is 5. The number of carbonyl (C=O) groups is 1. The standard InChI is InChI=1S/C27H18FNO2S2/c28-21-8-4-9-22(16-21)29-26(30)25(33-27(29)32)15-18-11-13-23(14-12-18)31-17-20-7-3-6-19-5-1-2-10-24(19)20/h1-16H,17H2. The van der Waals surface area contributed by atoms with E-state index in [1.807, 2.05) is 42.5 Å². The van der Waals surface area contributed by atoms with Crippen molar-refractivity contribution >= 4 is 56.7 Å². The number of carbonyl (C=O) groups excluding carboxylic acids is 1. The summed E-state index contributed by atoms with van der Waals surface area (Å²) in [5.74, 6) is 0.0731. The number of hydrogen-bond donors (Lipinski definition) is 0. The van der Waals surface area contributed by atoms with Gasteiger partial charge in [0.05, 0.1) is 10.6 Å². The predicted octanol–water partition coefficient (Wildman–Crippen LogP) is 6.96. The predicted molar refractivity (Wildman–Crippen MR) is 137 cm³/mol. The van der Waals surface area contributed by atoms with Gasteiger partial charge in [0.15, 0.2) is 4.32 Å². The number of halogens is 1. The first-order valence-corrected chi connectivity index (χ1v) is 11.5. The molecular formula is C27H18FNO2S2. The highest BCUT2D eigenvalue weighted by Crippen LogP contribution is 2.36. The lowest BCUT2D eigenvalue weighted by Gasteiger charge is -2.14. The molecule has 5 rings (SSSR count). The Morgan fingerprint density at radius 3 is 2.52 bits per heavy atom. The maximum atomic E-state index is 13.6. The molecule has 0 bridgehead atoms. The third-order valence-corrected chi connectivity index (χ3v) is 6.61. The Bertz CT molecular complexity index is 1390. The molecule has 0 spiro atoms. The van der Waals surface area contributed by atoms with E-state index in [0.717, 1.165) is 16.9 Å². The topological polar surface area (TPSA) is 29.5 Å². The van der Waals surface area contributed by atoms with Gasteiger partial charge in [-0.25, -0.2) is 4.39 Å². The van der Waals surface area contributed by atoms with Gasteiger partial charge >= 0.3 is 0 Å². The van der Waals surface area contributed by atoms with Crippen LogP contribution in [0.15, 0.2) is 95.9 Å². The van der Waals surface area contributed by atoms with Gasteiger partial charge in [-0.3, -0.25) is 9.69 Å². The summed E-state index contributed by atoms with van der Waals surface area (Å²) >= 11 is 6.56. The Morgan fingerprint density at radius 1 is 0.939 bits per heavy atom. The second kappa shape index (κ2) is 9.17. The number of ether oxygens (including phenoxy) is 1. The molecule has 4 aromatic rings. The van der Waals surface area contributed by atoms with Gasteiger partial charge in [-0.2, -0.15) is 0 Å². The fraction of sp³-hybridized carbons (Fsp3) is 0.0370. The highest BCUT2D eigenvalue weighted by molar-refractivity contribution is 8.27. The number of thioether (sulfide) groups is 1. The SMILES string of the molecule is O=C1C(=Cc2ccc(OCc3cccc4ccccc34)cc2)SC(=S)N1c1cccc(F)c1. The van der Waals surface area contributed by atoms with Crippen LogP contribution in [0.3, 0.4) is 0 Å². The van der Waals surface area contributed by atoms with Crippen molar-refractivity contribution in [2.45, 2.75) is 6.61 Å². The Kier molecular flexibility index (Phi) is 5.94. The minimum Gasteiger partial charge on any atom is -0.489 e. The number of amides is 1. The van der Waals surface area contributed by atoms with Crippen molar-refractivity contribution in [1.82, 2.24) is 0 Å². The molecule has 0 atom stereocenters. The van der Waals surface area contributed by atoms with Gasteiger partial charge in [-0.05, 0) is 58.3 Å². The Morgan fingerprint density at radius 2 is 1.70 bits per heavy atom. The summed E-state index contributed by atoms with van der Waals surface area (Å²) in [6, 6.07) is 27.8. The smallest absolute Gasteiger partial charge is 0.270 e. The minimum atomic E-state index is -0.412. The van der Waals surface area contributed by atoms with Crippen LogP contribution in [0.25, 0.3) is 16.8 Å². The highest BCUT2D eigenvalue weighted by atomic mass is 32.2. The first-order valence-electron chi connectivity index (χ1n) is 10.3. The van der Waals surface area contributed by atoms with Crippen LogP contribution < -0.4 is 9.64 Å². The molecular weight excluding hydrogens is 453 g/mol. The van der Waals surface area contributed by atoms with Crippen molar-refractivity contribution in [2.24, 2.45) is 0 Å². The summed E-state index contributed by atoms with van der Waals surface area (Å²) in [4.78, 5) is 14.7. The van der Waals surface area contributed by atoms with E-state index in [4.69, 9.17) is 17.0 Å². The third-order valence-electron chi connectivity index (χ3n) is 5.31. The van der Waals surface area contributed by atoms with Crippen LogP contribution in [0.2, 0.25) is 0 Å². The second-order valence-corrected chi connectivity index (χ2v) is 9.17. The molecule has 0 N–H and O–H groups in total. The molecule has 0 radical (unpaired) electrons. The molecule has 0 aromatic heterocycles. The minimum absolute atomic E-state index is 0.258. The maximum absolute atomic E-state index is 13.6. The molecule has 3 nitrogen and oxygen atoms in total. The van der Waals surface area contributed by atoms with E-state index in [2.05, 4.69) is 24.3 Å². The third kappa shape index (κ3) is 4.53. The number of fused-ring (bicyclic) bond motifs is 1. The normalized spacial score (nSPS) is 14.9. The molecule has 0 unspecified atom stereocenters. The maximum Gasteiger partial charge on any atom is 0.270 e. The van der Waals surface area contributed by atoms with Gasteiger partial charge in [-0.15, -0.1) is 0 Å². The van der Waals surface area contributed by atoms with E-state index in [1.54, 1.807) is 18.2 Å². The zero-order valence-corrected chi connectivity index (χ0v) is 19.0. The van der Waals surface area contributed by atoms with E-state index in [-0.39, 0.29) is 5.91 Å². The van der Waals surface area contributed by atoms with E-state index < -0.39 is 5.82 Å². The molecule has 1 amide bonds. The van der Waals surface area contributed by atoms with E-state index in [9.17, 15) is 9.18 Å². The van der Waals surface area contributed by atoms with Crippen LogP contribution in [0.1, 0.15) is 11.1 Å². The Hall–Kier alpha value is -3.48. The fourth-order valence-corrected chi connectivity index (χ4v) is 5.00. The molecule has 1 aliphatic rings. The summed E-state index contributed by atoms with van der Waals surface area (Å²) in [6.07, 6.45) is 1.78. The van der Waals surface area contributed by atoms with Crippen LogP contribution in [0.5, 0.6) is 5.75 Å². The van der Waals surface area contributed by atoms with Crippen molar-refractivity contribution in [2.75, 3.05) is 4.90 Å². The molecule has 0 aliphatic carbocycles. The van der Waals surface area contributed by atoms with Crippen LogP contribution in [-0.2, 0) is 11.4 Å². The molecule has 1 fully saturated rings. The number of benzene rings is 4. The van der Waals surface area contributed by atoms with Crippen LogP contribution in [-0.4, -0.2) is 10.2 Å². The number of anilines is 1. The molecule has 6 heteroatoms. The summed E-state index contributed by atoms with van der Waals surface area (Å²) in [6.45, 7) is 0.465. The average molecular weight is 472 g/mol. The summed E-state index contributed by atoms with van der Waals surface area (Å²) in [5, 5.41) is 2.36. The first-order chi connectivity index (χ1) is 16.1. The van der Waals surface area contributed by atoms with Crippen molar-refractivity contribution in [3.8, 4) is 5.75 Å². The largest absolute Gasteiger partial charge is 0.489 e. The van der Waals surface area contributed by atoms with E-state index in [1.165, 1.54) is 39.6 Å². The number of hydrogen-bond acceptors (Lipinski definition) is 4. The molecule has 33 heavy (non-hydrogen) atoms. The Labute approximate surface area is 200 Å². The van der Waals surface area contributed by atoms with Gasteiger partial charge < -0.3 is 4.74 Å². The van der Waals surface area contributed by atoms with Crippen molar-refractivity contribution in [1.29, 1.82) is 0 Å². The summed E-state index contributed by atoms with van der Waals surface area (Å²) < 4.78 is 20.0. The van der Waals surface area contributed by atoms with Gasteiger partial charge in [0.2, 0.25) is 0 Å². The monoisotopic (exact) mass is 471 g/mol. The summed E-state index contributed by atoms with van der Waals surface area (Å²) in [5.41, 5.74) is 2.41. The first kappa shape index (κ1) is 21.4. The summed E-state index contributed by atoms with van der Waals surface area (Å²) in [7, 11) is 0. The lowest BCUT2D eigenvalue weighted by Crippen LogP contribution is -2.27. The zero-order chi connectivity index (χ0) is 22.8. The molecule has 1 aliphatic heterocycles. The van der Waals surface area contributed by atoms with E-state index in [0.29, 0.717) is 21.5 Å². The number of nitrogens with zero attached hydrogens (tertiary/aromatic N) is 1. The average Bonchev–Trinajstić information content (AvgIpc) is 3.11. The molecule has 1 saturated heterocycles. The van der Waals surface area contributed by atoms with Crippen LogP contribution in [0, 0.1) is 5.82 Å². The quantitative estimate of drug-likeness (QED) is 0.232. The number of thiocarbonyl (C=S) groups is 1. The van der Waals surface area contributed by atoms with Gasteiger partial charge in [-0.1, -0.05) is 84.6 Å². The molecule has 4 aromatic carbocycles. The van der Waals surface area contributed by atoms with Gasteiger partial charge in [0.1, 0.15) is 18.2 Å².